The molecule has 0 radical (unpaired) electrons. The number of carbonyl (C=O) groups is 2. The van der Waals surface area contributed by atoms with Gasteiger partial charge in [-0.2, -0.15) is 10.2 Å². The fourth-order valence-corrected chi connectivity index (χ4v) is 1.64. The Kier molecular flexibility index (Phi) is 3.65. The lowest BCUT2D eigenvalue weighted by molar-refractivity contribution is -0.385. The van der Waals surface area contributed by atoms with Crippen molar-refractivity contribution in [2.75, 3.05) is 12.4 Å². The average Bonchev–Trinajstić information content (AvgIpc) is 3.04. The Bertz CT molecular complexity index is 717. The van der Waals surface area contributed by atoms with Crippen LogP contribution in [0.25, 0.3) is 0 Å². The van der Waals surface area contributed by atoms with E-state index in [0.717, 1.165) is 6.20 Å². The highest BCUT2D eigenvalue weighted by Gasteiger charge is 2.25. The molecule has 0 aliphatic carbocycles. The molecular formula is C10H11N7O4. The molecule has 0 spiro atoms. The molecule has 2 aromatic heterocycles. The normalized spacial score (nSPS) is 10.2. The first-order valence-electron chi connectivity index (χ1n) is 5.69. The number of rotatable bonds is 4. The van der Waals surface area contributed by atoms with E-state index in [1.165, 1.54) is 17.9 Å². The third-order valence-corrected chi connectivity index (χ3v) is 2.56. The van der Waals surface area contributed by atoms with Gasteiger partial charge >= 0.3 is 5.69 Å². The molecule has 0 atom stereocenters. The number of nitrogens with one attached hydrogen (secondary N) is 3. The maximum absolute atomic E-state index is 12.0. The third kappa shape index (κ3) is 2.70. The van der Waals surface area contributed by atoms with Gasteiger partial charge in [0.1, 0.15) is 6.20 Å². The number of anilines is 1. The highest BCUT2D eigenvalue weighted by Crippen LogP contribution is 2.18. The first kappa shape index (κ1) is 14.2. The van der Waals surface area contributed by atoms with Crippen LogP contribution in [0.4, 0.5) is 11.4 Å². The Morgan fingerprint density at radius 3 is 2.76 bits per heavy atom. The lowest BCUT2D eigenvalue weighted by Crippen LogP contribution is -2.22. The molecule has 0 aliphatic heterocycles. The summed E-state index contributed by atoms with van der Waals surface area (Å²) in [4.78, 5) is 33.7. The molecule has 2 rings (SSSR count). The number of aromatic amines is 1. The first-order valence-corrected chi connectivity index (χ1v) is 5.69. The molecular weight excluding hydrogens is 282 g/mol. The number of amides is 2. The van der Waals surface area contributed by atoms with Crippen molar-refractivity contribution in [3.63, 3.8) is 0 Å². The van der Waals surface area contributed by atoms with Crippen LogP contribution in [0.1, 0.15) is 21.0 Å². The van der Waals surface area contributed by atoms with Crippen molar-refractivity contribution in [1.29, 1.82) is 0 Å². The standard InChI is InChI=1S/C10H11N7O4/c1-11-9(18)7-5(4-16(2)15-7)13-10(19)8-6(17(20)21)3-12-14-8/h3-4H,1-2H3,(H,11,18)(H,12,14)(H,13,19). The Labute approximate surface area is 117 Å². The first-order chi connectivity index (χ1) is 9.93. The van der Waals surface area contributed by atoms with Crippen LogP contribution in [-0.2, 0) is 7.05 Å². The summed E-state index contributed by atoms with van der Waals surface area (Å²) in [6.45, 7) is 0. The van der Waals surface area contributed by atoms with Crippen molar-refractivity contribution >= 4 is 23.2 Å². The molecule has 0 fully saturated rings. The number of aryl methyl sites for hydroxylation is 1. The van der Waals surface area contributed by atoms with Crippen LogP contribution in [-0.4, -0.2) is 43.8 Å². The molecule has 2 aromatic rings. The monoisotopic (exact) mass is 293 g/mol. The summed E-state index contributed by atoms with van der Waals surface area (Å²) in [6, 6.07) is 0. The van der Waals surface area contributed by atoms with Gasteiger partial charge in [-0.25, -0.2) is 0 Å². The minimum absolute atomic E-state index is 0.00415. The van der Waals surface area contributed by atoms with Gasteiger partial charge < -0.3 is 10.6 Å². The highest BCUT2D eigenvalue weighted by molar-refractivity contribution is 6.08. The van der Waals surface area contributed by atoms with Crippen LogP contribution in [0.5, 0.6) is 0 Å². The summed E-state index contributed by atoms with van der Waals surface area (Å²) in [5.74, 6) is -1.29. The van der Waals surface area contributed by atoms with E-state index in [9.17, 15) is 19.7 Å². The molecule has 3 N–H and O–H groups in total. The van der Waals surface area contributed by atoms with Crippen LogP contribution < -0.4 is 10.6 Å². The smallest absolute Gasteiger partial charge is 0.319 e. The molecule has 11 nitrogen and oxygen atoms in total. The molecule has 0 aliphatic rings. The van der Waals surface area contributed by atoms with E-state index in [-0.39, 0.29) is 17.1 Å². The van der Waals surface area contributed by atoms with E-state index >= 15 is 0 Å². The summed E-state index contributed by atoms with van der Waals surface area (Å²) in [7, 11) is 2.99. The van der Waals surface area contributed by atoms with E-state index in [4.69, 9.17) is 0 Å². The van der Waals surface area contributed by atoms with Gasteiger partial charge in [0, 0.05) is 20.3 Å². The zero-order valence-corrected chi connectivity index (χ0v) is 11.1. The van der Waals surface area contributed by atoms with E-state index in [1.807, 2.05) is 0 Å². The molecule has 11 heteroatoms. The number of aromatic nitrogens is 4. The van der Waals surface area contributed by atoms with E-state index in [0.29, 0.717) is 0 Å². The summed E-state index contributed by atoms with van der Waals surface area (Å²) in [5.41, 5.74) is -0.647. The van der Waals surface area contributed by atoms with Gasteiger partial charge in [0.05, 0.1) is 10.6 Å². The van der Waals surface area contributed by atoms with Crippen LogP contribution in [0, 0.1) is 10.1 Å². The SMILES string of the molecule is CNC(=O)c1nn(C)cc1NC(=O)c1[nH]ncc1[N+](=O)[O-]. The summed E-state index contributed by atoms with van der Waals surface area (Å²) >= 11 is 0. The van der Waals surface area contributed by atoms with Gasteiger partial charge in [0.15, 0.2) is 5.69 Å². The van der Waals surface area contributed by atoms with E-state index < -0.39 is 22.4 Å². The van der Waals surface area contributed by atoms with Crippen molar-refractivity contribution in [3.8, 4) is 0 Å². The second-order valence-electron chi connectivity index (χ2n) is 3.99. The molecule has 2 heterocycles. The number of nitro groups is 1. The Hall–Kier alpha value is -3.24. The lowest BCUT2D eigenvalue weighted by atomic mass is 10.3. The van der Waals surface area contributed by atoms with Gasteiger partial charge in [-0.05, 0) is 0 Å². The topological polar surface area (TPSA) is 148 Å². The Morgan fingerprint density at radius 2 is 2.14 bits per heavy atom. The molecule has 2 amide bonds. The van der Waals surface area contributed by atoms with Crippen molar-refractivity contribution in [3.05, 3.63) is 33.9 Å². The summed E-state index contributed by atoms with van der Waals surface area (Å²) < 4.78 is 1.33. The quantitative estimate of drug-likeness (QED) is 0.519. The zero-order valence-electron chi connectivity index (χ0n) is 11.1. The molecule has 21 heavy (non-hydrogen) atoms. The van der Waals surface area contributed by atoms with Crippen molar-refractivity contribution in [2.24, 2.45) is 7.05 Å². The fraction of sp³-hybridized carbons (Fsp3) is 0.200. The maximum Gasteiger partial charge on any atom is 0.319 e. The maximum atomic E-state index is 12.0. The molecule has 0 unspecified atom stereocenters. The molecule has 0 saturated carbocycles. The molecule has 0 bridgehead atoms. The Balaban J connectivity index is 2.30. The molecule has 0 saturated heterocycles. The summed E-state index contributed by atoms with van der Waals surface area (Å²) in [6.07, 6.45) is 2.34. The molecule has 110 valence electrons. The average molecular weight is 293 g/mol. The number of H-pyrrole nitrogens is 1. The molecule has 0 aromatic carbocycles. The van der Waals surface area contributed by atoms with Crippen LogP contribution in [0.2, 0.25) is 0 Å². The lowest BCUT2D eigenvalue weighted by Gasteiger charge is -2.02. The second-order valence-corrected chi connectivity index (χ2v) is 3.99. The van der Waals surface area contributed by atoms with Crippen molar-refractivity contribution < 1.29 is 14.5 Å². The predicted octanol–water partition coefficient (Wildman–Crippen LogP) is -0.337. The van der Waals surface area contributed by atoms with Crippen LogP contribution in [0.3, 0.4) is 0 Å². The minimum Gasteiger partial charge on any atom is -0.354 e. The van der Waals surface area contributed by atoms with Gasteiger partial charge in [-0.3, -0.25) is 29.5 Å². The van der Waals surface area contributed by atoms with Gasteiger partial charge in [0.25, 0.3) is 11.8 Å². The number of nitrogens with zero attached hydrogens (tertiary/aromatic N) is 4. The van der Waals surface area contributed by atoms with Crippen molar-refractivity contribution in [1.82, 2.24) is 25.3 Å². The van der Waals surface area contributed by atoms with Gasteiger partial charge in [-0.1, -0.05) is 0 Å². The number of carbonyl (C=O) groups excluding carboxylic acids is 2. The predicted molar refractivity (Wildman–Crippen MR) is 69.8 cm³/mol. The summed E-state index contributed by atoms with van der Waals surface area (Å²) in [5, 5.41) is 25.1. The zero-order chi connectivity index (χ0) is 15.6. The van der Waals surface area contributed by atoms with Gasteiger partial charge in [0.2, 0.25) is 5.69 Å². The van der Waals surface area contributed by atoms with Crippen LogP contribution in [0.15, 0.2) is 12.4 Å². The van der Waals surface area contributed by atoms with E-state index in [2.05, 4.69) is 25.9 Å². The largest absolute Gasteiger partial charge is 0.354 e. The third-order valence-electron chi connectivity index (χ3n) is 2.56. The van der Waals surface area contributed by atoms with E-state index in [1.54, 1.807) is 7.05 Å². The Morgan fingerprint density at radius 1 is 1.43 bits per heavy atom. The van der Waals surface area contributed by atoms with Gasteiger partial charge in [-0.15, -0.1) is 0 Å². The van der Waals surface area contributed by atoms with Crippen molar-refractivity contribution in [2.45, 2.75) is 0 Å². The highest BCUT2D eigenvalue weighted by atomic mass is 16.6. The van der Waals surface area contributed by atoms with Crippen LogP contribution >= 0.6 is 0 Å². The minimum atomic E-state index is -0.794. The number of hydrogen-bond donors (Lipinski definition) is 3. The number of hydrogen-bond acceptors (Lipinski definition) is 6. The fourth-order valence-electron chi connectivity index (χ4n) is 1.64. The second kappa shape index (κ2) is 5.40.